The molecule has 10 heavy (non-hydrogen) atoms. The van der Waals surface area contributed by atoms with E-state index in [1.54, 1.807) is 6.08 Å². The Balaban J connectivity index is 2.49. The lowest BCUT2D eigenvalue weighted by atomic mass is 10.1. The zero-order chi connectivity index (χ0) is 7.40. The van der Waals surface area contributed by atoms with Crippen molar-refractivity contribution in [1.29, 1.82) is 0 Å². The molecule has 4 heteroatoms. The summed E-state index contributed by atoms with van der Waals surface area (Å²) in [6, 6.07) is 0. The largest absolute Gasteiger partial charge is 0.369 e. The molecule has 0 aromatic rings. The van der Waals surface area contributed by atoms with Crippen molar-refractivity contribution in [2.24, 2.45) is 11.7 Å². The zero-order valence-corrected chi connectivity index (χ0v) is 5.54. The molecule has 0 spiro atoms. The van der Waals surface area contributed by atoms with Gasteiger partial charge in [0.15, 0.2) is 0 Å². The molecule has 0 aliphatic carbocycles. The van der Waals surface area contributed by atoms with Gasteiger partial charge in [-0.05, 0) is 0 Å². The van der Waals surface area contributed by atoms with Crippen LogP contribution in [0.25, 0.3) is 0 Å². The molecule has 1 aliphatic heterocycles. The molecule has 4 nitrogen and oxygen atoms in total. The molecule has 1 rings (SSSR count). The molecule has 1 aliphatic rings. The molecule has 0 saturated carbocycles. The molecule has 0 radical (unpaired) electrons. The summed E-state index contributed by atoms with van der Waals surface area (Å²) in [5, 5.41) is 0. The van der Waals surface area contributed by atoms with Crippen LogP contribution in [-0.2, 0) is 9.63 Å². The molecule has 1 unspecified atom stereocenters. The number of nitrogens with two attached hydrogens (primary N) is 1. The molecule has 3 N–H and O–H groups in total. The SMILES string of the molecule is NC(=O)C1C=CCNOC1. The van der Waals surface area contributed by atoms with Gasteiger partial charge in [-0.2, -0.15) is 5.48 Å². The number of primary amides is 1. The van der Waals surface area contributed by atoms with Gasteiger partial charge in [-0.25, -0.2) is 0 Å². The van der Waals surface area contributed by atoms with E-state index in [4.69, 9.17) is 10.6 Å². The van der Waals surface area contributed by atoms with Crippen molar-refractivity contribution in [2.75, 3.05) is 13.2 Å². The van der Waals surface area contributed by atoms with Gasteiger partial charge in [-0.3, -0.25) is 4.79 Å². The average Bonchev–Trinajstić information content (AvgIpc) is 2.12. The van der Waals surface area contributed by atoms with Crippen LogP contribution >= 0.6 is 0 Å². The van der Waals surface area contributed by atoms with Crippen LogP contribution in [0.15, 0.2) is 12.2 Å². The highest BCUT2D eigenvalue weighted by Gasteiger charge is 2.12. The number of rotatable bonds is 1. The molecule has 1 amide bonds. The quantitative estimate of drug-likeness (QED) is 0.470. The minimum Gasteiger partial charge on any atom is -0.369 e. The second-order valence-corrected chi connectivity index (χ2v) is 2.10. The summed E-state index contributed by atoms with van der Waals surface area (Å²) in [6.07, 6.45) is 3.57. The van der Waals surface area contributed by atoms with E-state index in [1.807, 2.05) is 6.08 Å². The fraction of sp³-hybridized carbons (Fsp3) is 0.500. The van der Waals surface area contributed by atoms with Gasteiger partial charge < -0.3 is 10.6 Å². The van der Waals surface area contributed by atoms with Gasteiger partial charge in [0.05, 0.1) is 12.5 Å². The number of hydrogen-bond acceptors (Lipinski definition) is 3. The van der Waals surface area contributed by atoms with Crippen LogP contribution in [-0.4, -0.2) is 19.1 Å². The number of hydroxylamine groups is 1. The Morgan fingerprint density at radius 2 is 2.60 bits per heavy atom. The zero-order valence-electron chi connectivity index (χ0n) is 5.54. The second kappa shape index (κ2) is 3.34. The fourth-order valence-electron chi connectivity index (χ4n) is 0.721. The molecule has 1 atom stereocenters. The Bertz CT molecular complexity index is 156. The maximum atomic E-state index is 10.6. The van der Waals surface area contributed by atoms with E-state index in [9.17, 15) is 4.79 Å². The van der Waals surface area contributed by atoms with Crippen LogP contribution in [0, 0.1) is 5.92 Å². The number of carbonyl (C=O) groups is 1. The number of hydrogen-bond donors (Lipinski definition) is 2. The molecule has 0 aromatic carbocycles. The predicted octanol–water partition coefficient (Wildman–Crippen LogP) is -0.821. The molecule has 0 saturated heterocycles. The van der Waals surface area contributed by atoms with Gasteiger partial charge in [0.2, 0.25) is 5.91 Å². The Morgan fingerprint density at radius 3 is 3.30 bits per heavy atom. The van der Waals surface area contributed by atoms with Gasteiger partial charge in [0.25, 0.3) is 0 Å². The Hall–Kier alpha value is -0.870. The van der Waals surface area contributed by atoms with E-state index in [0.717, 1.165) is 0 Å². The van der Waals surface area contributed by atoms with Crippen LogP contribution in [0.4, 0.5) is 0 Å². The first-order valence-corrected chi connectivity index (χ1v) is 3.11. The summed E-state index contributed by atoms with van der Waals surface area (Å²) < 4.78 is 0. The normalized spacial score (nSPS) is 25.8. The van der Waals surface area contributed by atoms with E-state index < -0.39 is 0 Å². The minimum atomic E-state index is -0.347. The van der Waals surface area contributed by atoms with Crippen molar-refractivity contribution in [3.05, 3.63) is 12.2 Å². The van der Waals surface area contributed by atoms with Gasteiger partial charge in [0, 0.05) is 6.54 Å². The van der Waals surface area contributed by atoms with E-state index in [-0.39, 0.29) is 11.8 Å². The van der Waals surface area contributed by atoms with Crippen LogP contribution < -0.4 is 11.2 Å². The number of carbonyl (C=O) groups excluding carboxylic acids is 1. The Kier molecular flexibility index (Phi) is 2.42. The van der Waals surface area contributed by atoms with Gasteiger partial charge in [-0.1, -0.05) is 12.2 Å². The van der Waals surface area contributed by atoms with Gasteiger partial charge in [-0.15, -0.1) is 0 Å². The van der Waals surface area contributed by atoms with E-state index in [1.165, 1.54) is 0 Å². The molecule has 56 valence electrons. The van der Waals surface area contributed by atoms with Gasteiger partial charge >= 0.3 is 0 Å². The van der Waals surface area contributed by atoms with Crippen LogP contribution in [0.3, 0.4) is 0 Å². The summed E-state index contributed by atoms with van der Waals surface area (Å²) in [4.78, 5) is 15.4. The molecule has 0 fully saturated rings. The summed E-state index contributed by atoms with van der Waals surface area (Å²) in [7, 11) is 0. The first-order chi connectivity index (χ1) is 4.80. The van der Waals surface area contributed by atoms with Gasteiger partial charge in [0.1, 0.15) is 0 Å². The average molecular weight is 142 g/mol. The smallest absolute Gasteiger partial charge is 0.226 e. The first-order valence-electron chi connectivity index (χ1n) is 3.11. The Morgan fingerprint density at radius 1 is 1.80 bits per heavy atom. The van der Waals surface area contributed by atoms with Crippen LogP contribution in [0.5, 0.6) is 0 Å². The van der Waals surface area contributed by atoms with Crippen LogP contribution in [0.2, 0.25) is 0 Å². The summed E-state index contributed by atoms with van der Waals surface area (Å²) in [5.41, 5.74) is 7.68. The highest BCUT2D eigenvalue weighted by atomic mass is 16.6. The maximum absolute atomic E-state index is 10.6. The van der Waals surface area contributed by atoms with Crippen molar-refractivity contribution < 1.29 is 9.63 Å². The summed E-state index contributed by atoms with van der Waals surface area (Å²) in [6.45, 7) is 0.954. The van der Waals surface area contributed by atoms with Crippen molar-refractivity contribution in [1.82, 2.24) is 5.48 Å². The number of nitrogens with one attached hydrogen (secondary N) is 1. The topological polar surface area (TPSA) is 64.4 Å². The third-order valence-corrected chi connectivity index (χ3v) is 1.30. The molecule has 0 aromatic heterocycles. The summed E-state index contributed by atoms with van der Waals surface area (Å²) in [5.74, 6) is -0.630. The first kappa shape index (κ1) is 7.24. The second-order valence-electron chi connectivity index (χ2n) is 2.10. The van der Waals surface area contributed by atoms with Crippen molar-refractivity contribution in [3.8, 4) is 0 Å². The fourth-order valence-corrected chi connectivity index (χ4v) is 0.721. The third-order valence-electron chi connectivity index (χ3n) is 1.30. The van der Waals surface area contributed by atoms with Crippen molar-refractivity contribution in [3.63, 3.8) is 0 Å². The monoisotopic (exact) mass is 142 g/mol. The lowest BCUT2D eigenvalue weighted by Gasteiger charge is -2.04. The highest BCUT2D eigenvalue weighted by Crippen LogP contribution is 1.99. The third kappa shape index (κ3) is 1.82. The molecule has 1 heterocycles. The lowest BCUT2D eigenvalue weighted by molar-refractivity contribution is -0.122. The summed E-state index contributed by atoms with van der Waals surface area (Å²) >= 11 is 0. The van der Waals surface area contributed by atoms with Crippen LogP contribution in [0.1, 0.15) is 0 Å². The maximum Gasteiger partial charge on any atom is 0.226 e. The highest BCUT2D eigenvalue weighted by molar-refractivity contribution is 5.78. The molecular weight excluding hydrogens is 132 g/mol. The van der Waals surface area contributed by atoms with E-state index >= 15 is 0 Å². The molecular formula is C6H10N2O2. The van der Waals surface area contributed by atoms with Crippen molar-refractivity contribution >= 4 is 5.91 Å². The number of amides is 1. The van der Waals surface area contributed by atoms with Crippen molar-refractivity contribution in [2.45, 2.75) is 0 Å². The molecule has 0 bridgehead atoms. The van der Waals surface area contributed by atoms with E-state index in [0.29, 0.717) is 13.2 Å². The predicted molar refractivity (Wildman–Crippen MR) is 35.8 cm³/mol. The lowest BCUT2D eigenvalue weighted by Crippen LogP contribution is -2.26. The minimum absolute atomic E-state index is 0.282. The standard InChI is InChI=1S/C6H10N2O2/c7-6(9)5-2-1-3-8-10-4-5/h1-2,5,8H,3-4H2,(H2,7,9). The van der Waals surface area contributed by atoms with E-state index in [2.05, 4.69) is 5.48 Å². The Labute approximate surface area is 59.0 Å².